The molecule has 2 aromatic rings. The zero-order valence-electron chi connectivity index (χ0n) is 16.4. The third-order valence-electron chi connectivity index (χ3n) is 4.64. The van der Waals surface area contributed by atoms with Crippen molar-refractivity contribution >= 4 is 29.9 Å². The molecule has 0 aliphatic rings. The normalized spacial score (nSPS) is 12.6. The average Bonchev–Trinajstić information content (AvgIpc) is 3.08. The van der Waals surface area contributed by atoms with Gasteiger partial charge in [-0.25, -0.2) is 0 Å². The number of rotatable bonds is 7. The number of aryl methyl sites for hydroxylation is 1. The van der Waals surface area contributed by atoms with Crippen LogP contribution in [0, 0.1) is 6.92 Å². The number of hydrogen-bond acceptors (Lipinski definition) is 3. The maximum absolute atomic E-state index is 5.46. The van der Waals surface area contributed by atoms with Crippen molar-refractivity contribution in [2.75, 3.05) is 7.05 Å². The molecule has 0 saturated heterocycles. The Labute approximate surface area is 174 Å². The van der Waals surface area contributed by atoms with E-state index < -0.39 is 0 Å². The minimum atomic E-state index is 0. The molecule has 0 spiro atoms. The smallest absolute Gasteiger partial charge is 0.191 e. The molecular weight excluding hydrogens is 439 g/mol. The van der Waals surface area contributed by atoms with Crippen LogP contribution in [0.3, 0.4) is 0 Å². The summed E-state index contributed by atoms with van der Waals surface area (Å²) in [5.74, 6) is 2.04. The summed E-state index contributed by atoms with van der Waals surface area (Å²) >= 11 is 0. The van der Waals surface area contributed by atoms with E-state index in [1.54, 1.807) is 7.05 Å². The van der Waals surface area contributed by atoms with Crippen LogP contribution in [-0.2, 0) is 6.54 Å². The lowest BCUT2D eigenvalue weighted by molar-refractivity contribution is 0.368. The Bertz CT molecular complexity index is 695. The molecule has 0 radical (unpaired) electrons. The molecule has 0 aliphatic heterocycles. The van der Waals surface area contributed by atoms with E-state index in [4.69, 9.17) is 4.52 Å². The van der Waals surface area contributed by atoms with Crippen LogP contribution in [0.15, 0.2) is 39.8 Å². The van der Waals surface area contributed by atoms with E-state index in [9.17, 15) is 0 Å². The Morgan fingerprint density at radius 2 is 1.92 bits per heavy atom. The molecule has 2 N–H and O–H groups in total. The lowest BCUT2D eigenvalue weighted by atomic mass is 9.99. The lowest BCUT2D eigenvalue weighted by Crippen LogP contribution is -2.38. The van der Waals surface area contributed by atoms with Gasteiger partial charge in [-0.05, 0) is 37.8 Å². The molecule has 1 aromatic carbocycles. The van der Waals surface area contributed by atoms with Crippen LogP contribution < -0.4 is 10.6 Å². The van der Waals surface area contributed by atoms with Crippen molar-refractivity contribution in [3.8, 4) is 0 Å². The summed E-state index contributed by atoms with van der Waals surface area (Å²) in [6, 6.07) is 10.6. The number of nitrogens with one attached hydrogen (secondary N) is 2. The topological polar surface area (TPSA) is 62.5 Å². The van der Waals surface area contributed by atoms with Crippen molar-refractivity contribution in [2.24, 2.45) is 4.99 Å². The minimum absolute atomic E-state index is 0. The molecular formula is C20H31IN4O. The van der Waals surface area contributed by atoms with Gasteiger partial charge in [0.1, 0.15) is 0 Å². The Morgan fingerprint density at radius 3 is 2.54 bits per heavy atom. The monoisotopic (exact) mass is 470 g/mol. The third-order valence-corrected chi connectivity index (χ3v) is 4.64. The SMILES string of the molecule is CCC(CC)c1cc(CNC(=NC)NC(C)c2ccccc2C)on1.I. The Kier molecular flexibility index (Phi) is 9.69. The van der Waals surface area contributed by atoms with Crippen LogP contribution >= 0.6 is 24.0 Å². The zero-order chi connectivity index (χ0) is 18.2. The summed E-state index contributed by atoms with van der Waals surface area (Å²) < 4.78 is 5.46. The van der Waals surface area contributed by atoms with Gasteiger partial charge in [-0.1, -0.05) is 43.3 Å². The molecule has 0 aliphatic carbocycles. The number of nitrogens with zero attached hydrogens (tertiary/aromatic N) is 2. The first-order chi connectivity index (χ1) is 12.1. The summed E-state index contributed by atoms with van der Waals surface area (Å²) in [4.78, 5) is 4.30. The maximum atomic E-state index is 5.46. The highest BCUT2D eigenvalue weighted by Gasteiger charge is 2.14. The van der Waals surface area contributed by atoms with Gasteiger partial charge in [-0.2, -0.15) is 0 Å². The molecule has 0 bridgehead atoms. The van der Waals surface area contributed by atoms with E-state index in [0.717, 1.165) is 30.3 Å². The molecule has 6 heteroatoms. The van der Waals surface area contributed by atoms with Crippen LogP contribution in [-0.4, -0.2) is 18.2 Å². The van der Waals surface area contributed by atoms with Gasteiger partial charge in [0.05, 0.1) is 18.3 Å². The van der Waals surface area contributed by atoms with Gasteiger partial charge < -0.3 is 15.2 Å². The molecule has 0 fully saturated rings. The first-order valence-corrected chi connectivity index (χ1v) is 9.07. The van der Waals surface area contributed by atoms with Crippen LogP contribution in [0.1, 0.15) is 68.2 Å². The molecule has 1 unspecified atom stereocenters. The average molecular weight is 470 g/mol. The van der Waals surface area contributed by atoms with Crippen molar-refractivity contribution in [1.82, 2.24) is 15.8 Å². The van der Waals surface area contributed by atoms with Gasteiger partial charge in [-0.15, -0.1) is 24.0 Å². The summed E-state index contributed by atoms with van der Waals surface area (Å²) in [6.07, 6.45) is 2.15. The van der Waals surface area contributed by atoms with Gasteiger partial charge in [0.15, 0.2) is 11.7 Å². The fraction of sp³-hybridized carbons (Fsp3) is 0.500. The second-order valence-corrected chi connectivity index (χ2v) is 6.38. The second kappa shape index (κ2) is 11.2. The van der Waals surface area contributed by atoms with E-state index >= 15 is 0 Å². The zero-order valence-corrected chi connectivity index (χ0v) is 18.7. The van der Waals surface area contributed by atoms with E-state index in [1.807, 2.05) is 6.07 Å². The predicted octanol–water partition coefficient (Wildman–Crippen LogP) is 4.93. The quantitative estimate of drug-likeness (QED) is 0.342. The highest BCUT2D eigenvalue weighted by molar-refractivity contribution is 14.0. The molecule has 2 rings (SSSR count). The molecule has 1 aromatic heterocycles. The van der Waals surface area contributed by atoms with Crippen LogP contribution in [0.5, 0.6) is 0 Å². The van der Waals surface area contributed by atoms with Gasteiger partial charge in [0.2, 0.25) is 0 Å². The molecule has 0 amide bonds. The van der Waals surface area contributed by atoms with E-state index in [0.29, 0.717) is 12.5 Å². The molecule has 144 valence electrons. The van der Waals surface area contributed by atoms with Crippen molar-refractivity contribution in [2.45, 2.75) is 59.0 Å². The van der Waals surface area contributed by atoms with E-state index in [1.165, 1.54) is 11.1 Å². The van der Waals surface area contributed by atoms with E-state index in [2.05, 4.69) is 72.7 Å². The fourth-order valence-electron chi connectivity index (χ4n) is 3.03. The molecule has 0 saturated carbocycles. The Balaban J connectivity index is 0.00000338. The third kappa shape index (κ3) is 6.00. The summed E-state index contributed by atoms with van der Waals surface area (Å²) in [6.45, 7) is 9.18. The van der Waals surface area contributed by atoms with Crippen LogP contribution in [0.2, 0.25) is 0 Å². The highest BCUT2D eigenvalue weighted by Crippen LogP contribution is 2.22. The van der Waals surface area contributed by atoms with Crippen molar-refractivity contribution in [3.63, 3.8) is 0 Å². The van der Waals surface area contributed by atoms with Gasteiger partial charge in [0, 0.05) is 19.0 Å². The summed E-state index contributed by atoms with van der Waals surface area (Å²) in [5, 5.41) is 10.9. The fourth-order valence-corrected chi connectivity index (χ4v) is 3.03. The largest absolute Gasteiger partial charge is 0.359 e. The molecule has 5 nitrogen and oxygen atoms in total. The Morgan fingerprint density at radius 1 is 1.23 bits per heavy atom. The highest BCUT2D eigenvalue weighted by atomic mass is 127. The maximum Gasteiger partial charge on any atom is 0.191 e. The first-order valence-electron chi connectivity index (χ1n) is 9.07. The lowest BCUT2D eigenvalue weighted by Gasteiger charge is -2.19. The van der Waals surface area contributed by atoms with Gasteiger partial charge in [-0.3, -0.25) is 4.99 Å². The Hall–Kier alpha value is -1.57. The van der Waals surface area contributed by atoms with Crippen LogP contribution in [0.25, 0.3) is 0 Å². The van der Waals surface area contributed by atoms with Crippen molar-refractivity contribution in [1.29, 1.82) is 0 Å². The predicted molar refractivity (Wildman–Crippen MR) is 118 cm³/mol. The second-order valence-electron chi connectivity index (χ2n) is 6.38. The minimum Gasteiger partial charge on any atom is -0.359 e. The number of aliphatic imine (C=N–C) groups is 1. The van der Waals surface area contributed by atoms with Crippen LogP contribution in [0.4, 0.5) is 0 Å². The summed E-state index contributed by atoms with van der Waals surface area (Å²) in [7, 11) is 1.77. The first kappa shape index (κ1) is 22.5. The van der Waals surface area contributed by atoms with Gasteiger partial charge >= 0.3 is 0 Å². The number of aromatic nitrogens is 1. The number of guanidine groups is 1. The van der Waals surface area contributed by atoms with Crippen molar-refractivity contribution < 1.29 is 4.52 Å². The standard InChI is InChI=1S/C20H30N4O.HI/c1-6-16(7-2)19-12-17(25-24-19)13-22-20(21-5)23-15(4)18-11-9-8-10-14(18)3;/h8-12,15-16H,6-7,13H2,1-5H3,(H2,21,22,23);1H. The summed E-state index contributed by atoms with van der Waals surface area (Å²) in [5.41, 5.74) is 3.57. The number of benzene rings is 1. The number of halogens is 1. The molecule has 1 heterocycles. The number of hydrogen-bond donors (Lipinski definition) is 2. The molecule has 26 heavy (non-hydrogen) atoms. The van der Waals surface area contributed by atoms with Gasteiger partial charge in [0.25, 0.3) is 0 Å². The van der Waals surface area contributed by atoms with Crippen molar-refractivity contribution in [3.05, 3.63) is 52.9 Å². The molecule has 1 atom stereocenters. The van der Waals surface area contributed by atoms with E-state index in [-0.39, 0.29) is 30.0 Å².